The van der Waals surface area contributed by atoms with Crippen LogP contribution in [0.5, 0.6) is 5.75 Å². The number of amides is 2. The Morgan fingerprint density at radius 1 is 1.22 bits per heavy atom. The summed E-state index contributed by atoms with van der Waals surface area (Å²) in [5.74, 6) is -0.742. The van der Waals surface area contributed by atoms with Crippen molar-refractivity contribution in [3.8, 4) is 16.9 Å². The molecule has 2 aromatic rings. The molecule has 0 bridgehead atoms. The van der Waals surface area contributed by atoms with Crippen LogP contribution < -0.4 is 10.1 Å². The van der Waals surface area contributed by atoms with Gasteiger partial charge in [-0.25, -0.2) is 0 Å². The fourth-order valence-electron chi connectivity index (χ4n) is 4.77. The molecule has 1 aliphatic carbocycles. The van der Waals surface area contributed by atoms with Crippen LogP contribution in [-0.4, -0.2) is 63.3 Å². The Labute approximate surface area is 221 Å². The topological polar surface area (TPSA) is 112 Å². The molecular formula is C28H32ClN3O5. The second-order valence-corrected chi connectivity index (χ2v) is 9.55. The van der Waals surface area contributed by atoms with Gasteiger partial charge in [0.2, 0.25) is 0 Å². The van der Waals surface area contributed by atoms with Gasteiger partial charge in [-0.2, -0.15) is 0 Å². The number of carbonyl (C=O) groups is 2. The predicted molar refractivity (Wildman–Crippen MR) is 141 cm³/mol. The third-order valence-electron chi connectivity index (χ3n) is 6.65. The summed E-state index contributed by atoms with van der Waals surface area (Å²) in [5.41, 5.74) is 3.37. The molecule has 37 heavy (non-hydrogen) atoms. The Bertz CT molecular complexity index is 1180. The maximum Gasteiger partial charge on any atom is 0.255 e. The van der Waals surface area contributed by atoms with Crippen molar-refractivity contribution in [3.05, 3.63) is 71.0 Å². The number of nitrogens with one attached hydrogen (secondary N) is 1. The first kappa shape index (κ1) is 26.9. The summed E-state index contributed by atoms with van der Waals surface area (Å²) in [4.78, 5) is 31.5. The summed E-state index contributed by atoms with van der Waals surface area (Å²) >= 11 is 6.14. The number of halogens is 1. The fraction of sp³-hybridized carbons (Fsp3) is 0.393. The van der Waals surface area contributed by atoms with Crippen LogP contribution in [0.3, 0.4) is 0 Å². The second-order valence-electron chi connectivity index (χ2n) is 9.11. The van der Waals surface area contributed by atoms with Crippen LogP contribution in [0.2, 0.25) is 0 Å². The van der Waals surface area contributed by atoms with Crippen molar-refractivity contribution >= 4 is 23.4 Å². The van der Waals surface area contributed by atoms with Gasteiger partial charge in [0.25, 0.3) is 11.8 Å². The number of benzene rings is 1. The first-order valence-electron chi connectivity index (χ1n) is 12.6. The quantitative estimate of drug-likeness (QED) is 0.463. The number of pyridine rings is 1. The Morgan fingerprint density at radius 2 is 2.03 bits per heavy atom. The summed E-state index contributed by atoms with van der Waals surface area (Å²) in [6, 6.07) is 11.1. The van der Waals surface area contributed by atoms with Gasteiger partial charge in [-0.15, -0.1) is 0 Å². The lowest BCUT2D eigenvalue weighted by Crippen LogP contribution is -2.52. The first-order chi connectivity index (χ1) is 17.9. The lowest BCUT2D eigenvalue weighted by atomic mass is 9.95. The number of aliphatic hydroxyl groups is 2. The van der Waals surface area contributed by atoms with Crippen LogP contribution in [0.15, 0.2) is 65.4 Å². The number of nitrogens with zero attached hydrogens (tertiary/aromatic N) is 2. The standard InChI is InChI=1S/C28H32ClN3O5/c1-2-37-24-11-4-3-9-22(24)19-12-13-21(30-16-19)17-31-27(35)25(33)26(34)28(36)32-14-6-10-23(32)18-7-5-8-20(29)15-18/h3-4,8-9,11-13,15-16,23,25-26,33-34H,2,5-7,10,14,17H2,1H3,(H,31,35)/t23-,25?,26?/m1/s1. The van der Waals surface area contributed by atoms with Crippen molar-refractivity contribution in [2.45, 2.75) is 57.4 Å². The summed E-state index contributed by atoms with van der Waals surface area (Å²) in [5, 5.41) is 24.1. The molecule has 1 aliphatic heterocycles. The predicted octanol–water partition coefficient (Wildman–Crippen LogP) is 3.32. The largest absolute Gasteiger partial charge is 0.493 e. The van der Waals surface area contributed by atoms with Crippen LogP contribution >= 0.6 is 11.6 Å². The summed E-state index contributed by atoms with van der Waals surface area (Å²) in [6.07, 6.45) is 4.84. The van der Waals surface area contributed by atoms with Crippen molar-refractivity contribution in [2.24, 2.45) is 0 Å². The average Bonchev–Trinajstić information content (AvgIpc) is 3.41. The Balaban J connectivity index is 1.34. The van der Waals surface area contributed by atoms with Crippen molar-refractivity contribution in [1.82, 2.24) is 15.2 Å². The lowest BCUT2D eigenvalue weighted by molar-refractivity contribution is -0.153. The minimum absolute atomic E-state index is 0.0360. The summed E-state index contributed by atoms with van der Waals surface area (Å²) in [7, 11) is 0. The van der Waals surface area contributed by atoms with Gasteiger partial charge in [0, 0.05) is 28.9 Å². The number of aromatic nitrogens is 1. The molecule has 1 aromatic carbocycles. The average molecular weight is 526 g/mol. The number of para-hydroxylation sites is 1. The Kier molecular flexibility index (Phi) is 8.97. The molecule has 3 N–H and O–H groups in total. The highest BCUT2D eigenvalue weighted by molar-refractivity contribution is 6.31. The van der Waals surface area contributed by atoms with Crippen LogP contribution in [0.25, 0.3) is 11.1 Å². The van der Waals surface area contributed by atoms with E-state index in [9.17, 15) is 19.8 Å². The van der Waals surface area contributed by atoms with Gasteiger partial charge in [0.1, 0.15) is 5.75 Å². The number of hydrogen-bond donors (Lipinski definition) is 3. The van der Waals surface area contributed by atoms with Crippen LogP contribution in [-0.2, 0) is 16.1 Å². The van der Waals surface area contributed by atoms with Crippen molar-refractivity contribution in [3.63, 3.8) is 0 Å². The van der Waals surface area contributed by atoms with E-state index in [0.29, 0.717) is 23.9 Å². The zero-order valence-electron chi connectivity index (χ0n) is 20.8. The number of allylic oxidation sites excluding steroid dienone is 3. The van der Waals surface area contributed by atoms with Crippen LogP contribution in [0.1, 0.15) is 38.3 Å². The highest BCUT2D eigenvalue weighted by atomic mass is 35.5. The Hall–Kier alpha value is -3.20. The Morgan fingerprint density at radius 3 is 2.76 bits per heavy atom. The first-order valence-corrected chi connectivity index (χ1v) is 12.9. The number of carbonyl (C=O) groups excluding carboxylic acids is 2. The zero-order chi connectivity index (χ0) is 26.4. The van der Waals surface area contributed by atoms with Gasteiger partial charge in [-0.05, 0) is 56.4 Å². The molecule has 9 heteroatoms. The number of aliphatic hydroxyl groups excluding tert-OH is 2. The van der Waals surface area contributed by atoms with Crippen molar-refractivity contribution < 1.29 is 24.5 Å². The van der Waals surface area contributed by atoms with Crippen molar-refractivity contribution in [2.75, 3.05) is 13.2 Å². The highest BCUT2D eigenvalue weighted by Gasteiger charge is 2.39. The molecule has 196 valence electrons. The number of rotatable bonds is 9. The van der Waals surface area contributed by atoms with E-state index in [1.54, 1.807) is 17.2 Å². The molecule has 0 radical (unpaired) electrons. The summed E-state index contributed by atoms with van der Waals surface area (Å²) < 4.78 is 5.67. The van der Waals surface area contributed by atoms with E-state index in [-0.39, 0.29) is 12.6 Å². The molecule has 8 nitrogen and oxygen atoms in total. The molecule has 1 fully saturated rings. The molecule has 0 spiro atoms. The zero-order valence-corrected chi connectivity index (χ0v) is 21.5. The molecule has 0 saturated carbocycles. The smallest absolute Gasteiger partial charge is 0.255 e. The van der Waals surface area contributed by atoms with E-state index in [2.05, 4.69) is 10.3 Å². The molecule has 1 saturated heterocycles. The molecule has 4 rings (SSSR count). The van der Waals surface area contributed by atoms with E-state index in [1.807, 2.05) is 49.4 Å². The lowest BCUT2D eigenvalue weighted by Gasteiger charge is -2.30. The molecule has 1 aromatic heterocycles. The minimum atomic E-state index is -1.89. The van der Waals surface area contributed by atoms with Crippen molar-refractivity contribution in [1.29, 1.82) is 0 Å². The number of hydrogen-bond acceptors (Lipinski definition) is 6. The number of ether oxygens (including phenoxy) is 1. The van der Waals surface area contributed by atoms with E-state index in [4.69, 9.17) is 16.3 Å². The second kappa shape index (κ2) is 12.4. The maximum atomic E-state index is 13.0. The van der Waals surface area contributed by atoms with Crippen LogP contribution in [0, 0.1) is 0 Å². The van der Waals surface area contributed by atoms with Gasteiger partial charge in [-0.3, -0.25) is 14.6 Å². The minimum Gasteiger partial charge on any atom is -0.493 e. The van der Waals surface area contributed by atoms with Gasteiger partial charge < -0.3 is 25.2 Å². The van der Waals surface area contributed by atoms with E-state index < -0.39 is 24.0 Å². The van der Waals surface area contributed by atoms with E-state index in [0.717, 1.165) is 48.1 Å². The SMILES string of the molecule is CCOc1ccccc1-c1ccc(CNC(=O)C(O)C(O)C(=O)N2CCC[C@@H]2C2=CC(Cl)=CCC2)nc1. The monoisotopic (exact) mass is 525 g/mol. The van der Waals surface area contributed by atoms with Gasteiger partial charge in [0.05, 0.1) is 24.9 Å². The highest BCUT2D eigenvalue weighted by Crippen LogP contribution is 2.32. The third-order valence-corrected chi connectivity index (χ3v) is 6.91. The molecule has 2 heterocycles. The molecule has 3 atom stereocenters. The number of likely N-dealkylation sites (tertiary alicyclic amines) is 1. The van der Waals surface area contributed by atoms with E-state index >= 15 is 0 Å². The fourth-order valence-corrected chi connectivity index (χ4v) is 5.02. The molecule has 2 unspecified atom stereocenters. The van der Waals surface area contributed by atoms with Crippen LogP contribution in [0.4, 0.5) is 0 Å². The summed E-state index contributed by atoms with van der Waals surface area (Å²) in [6.45, 7) is 2.96. The normalized spacial score (nSPS) is 19.0. The molecule has 2 amide bonds. The van der Waals surface area contributed by atoms with Gasteiger partial charge >= 0.3 is 0 Å². The van der Waals surface area contributed by atoms with E-state index in [1.165, 1.54) is 0 Å². The molecule has 2 aliphatic rings. The van der Waals surface area contributed by atoms with Gasteiger partial charge in [0.15, 0.2) is 12.2 Å². The molecular weight excluding hydrogens is 494 g/mol. The van der Waals surface area contributed by atoms with Gasteiger partial charge in [-0.1, -0.05) is 41.9 Å². The third kappa shape index (κ3) is 6.39. The maximum absolute atomic E-state index is 13.0.